The number of aromatic nitrogens is 3. The molecule has 0 bridgehead atoms. The fraction of sp³-hybridized carbons (Fsp3) is 0.357. The second-order valence-corrected chi connectivity index (χ2v) is 5.14. The van der Waals surface area contributed by atoms with E-state index in [1.807, 2.05) is 24.0 Å². The fourth-order valence-corrected chi connectivity index (χ4v) is 2.18. The molecular formula is C14H17N5O. The third kappa shape index (κ3) is 2.36. The van der Waals surface area contributed by atoms with Crippen molar-refractivity contribution in [3.63, 3.8) is 0 Å². The molecule has 0 unspecified atom stereocenters. The van der Waals surface area contributed by atoms with Crippen molar-refractivity contribution in [2.45, 2.75) is 32.4 Å². The number of aryl methyl sites for hydroxylation is 1. The van der Waals surface area contributed by atoms with Gasteiger partial charge in [0.15, 0.2) is 5.69 Å². The summed E-state index contributed by atoms with van der Waals surface area (Å²) in [6, 6.07) is 4.13. The van der Waals surface area contributed by atoms with Gasteiger partial charge < -0.3 is 10.6 Å². The van der Waals surface area contributed by atoms with E-state index in [4.69, 9.17) is 5.73 Å². The van der Waals surface area contributed by atoms with Gasteiger partial charge in [-0.15, -0.1) is 0 Å². The van der Waals surface area contributed by atoms with Crippen LogP contribution in [0.2, 0.25) is 0 Å². The zero-order valence-electron chi connectivity index (χ0n) is 11.3. The summed E-state index contributed by atoms with van der Waals surface area (Å²) in [7, 11) is 0. The number of carbonyl (C=O) groups is 1. The smallest absolute Gasteiger partial charge is 0.277 e. The summed E-state index contributed by atoms with van der Waals surface area (Å²) in [5, 5.41) is 6.79. The molecule has 2 aromatic rings. The minimum Gasteiger partial charge on any atom is -0.395 e. The van der Waals surface area contributed by atoms with Gasteiger partial charge in [-0.1, -0.05) is 6.07 Å². The molecule has 0 aromatic carbocycles. The summed E-state index contributed by atoms with van der Waals surface area (Å²) < 4.78 is 0. The van der Waals surface area contributed by atoms with E-state index in [1.54, 1.807) is 12.4 Å². The first kappa shape index (κ1) is 12.7. The number of nitrogens with two attached hydrogens (primary N) is 1. The van der Waals surface area contributed by atoms with Gasteiger partial charge in [-0.3, -0.25) is 14.9 Å². The highest BCUT2D eigenvalue weighted by Crippen LogP contribution is 2.30. The minimum absolute atomic E-state index is 0.113. The van der Waals surface area contributed by atoms with Gasteiger partial charge in [0.25, 0.3) is 5.91 Å². The van der Waals surface area contributed by atoms with E-state index < -0.39 is 0 Å². The monoisotopic (exact) mass is 271 g/mol. The third-order valence-corrected chi connectivity index (χ3v) is 3.52. The lowest BCUT2D eigenvalue weighted by molar-refractivity contribution is 0.0725. The van der Waals surface area contributed by atoms with Crippen LogP contribution < -0.4 is 5.73 Å². The highest BCUT2D eigenvalue weighted by molar-refractivity contribution is 5.97. The van der Waals surface area contributed by atoms with Gasteiger partial charge in [0.2, 0.25) is 0 Å². The average Bonchev–Trinajstić information content (AvgIpc) is 3.25. The number of pyridine rings is 1. The van der Waals surface area contributed by atoms with Crippen LogP contribution in [0.3, 0.4) is 0 Å². The summed E-state index contributed by atoms with van der Waals surface area (Å²) in [4.78, 5) is 18.5. The van der Waals surface area contributed by atoms with Crippen LogP contribution in [-0.2, 0) is 6.54 Å². The largest absolute Gasteiger partial charge is 0.395 e. The van der Waals surface area contributed by atoms with Crippen LogP contribution in [0.5, 0.6) is 0 Å². The van der Waals surface area contributed by atoms with Crippen LogP contribution in [0, 0.1) is 6.92 Å². The zero-order chi connectivity index (χ0) is 14.1. The SMILES string of the molecule is Cc1[nH]nc(C(=O)N(Cc2cccnc2)C2CC2)c1N. The van der Waals surface area contributed by atoms with Gasteiger partial charge in [-0.2, -0.15) is 5.10 Å². The van der Waals surface area contributed by atoms with Crippen LogP contribution in [0.25, 0.3) is 0 Å². The molecule has 0 saturated heterocycles. The van der Waals surface area contributed by atoms with Crippen molar-refractivity contribution in [3.05, 3.63) is 41.5 Å². The summed E-state index contributed by atoms with van der Waals surface area (Å²) in [6.45, 7) is 2.35. The second-order valence-electron chi connectivity index (χ2n) is 5.14. The van der Waals surface area contributed by atoms with Crippen molar-refractivity contribution in [1.29, 1.82) is 0 Å². The van der Waals surface area contributed by atoms with E-state index in [9.17, 15) is 4.79 Å². The zero-order valence-corrected chi connectivity index (χ0v) is 11.3. The van der Waals surface area contributed by atoms with Crippen LogP contribution in [0.1, 0.15) is 34.6 Å². The van der Waals surface area contributed by atoms with Crippen LogP contribution in [0.15, 0.2) is 24.5 Å². The topological polar surface area (TPSA) is 87.9 Å². The Balaban J connectivity index is 1.84. The minimum atomic E-state index is -0.113. The third-order valence-electron chi connectivity index (χ3n) is 3.52. The number of nitrogens with one attached hydrogen (secondary N) is 1. The Kier molecular flexibility index (Phi) is 3.14. The summed E-state index contributed by atoms with van der Waals surface area (Å²) in [6.07, 6.45) is 5.58. The number of nitrogen functional groups attached to an aromatic ring is 1. The normalized spacial score (nSPS) is 14.2. The van der Waals surface area contributed by atoms with Gasteiger partial charge in [-0.05, 0) is 31.4 Å². The van der Waals surface area contributed by atoms with E-state index in [1.165, 1.54) is 0 Å². The molecule has 20 heavy (non-hydrogen) atoms. The number of nitrogens with zero attached hydrogens (tertiary/aromatic N) is 3. The molecule has 1 saturated carbocycles. The van der Waals surface area contributed by atoms with Crippen LogP contribution in [0.4, 0.5) is 5.69 Å². The van der Waals surface area contributed by atoms with Crippen molar-refractivity contribution in [2.75, 3.05) is 5.73 Å². The molecule has 6 nitrogen and oxygen atoms in total. The highest BCUT2D eigenvalue weighted by Gasteiger charge is 2.34. The summed E-state index contributed by atoms with van der Waals surface area (Å²) >= 11 is 0. The Morgan fingerprint density at radius 3 is 2.90 bits per heavy atom. The Morgan fingerprint density at radius 1 is 1.55 bits per heavy atom. The molecule has 3 rings (SSSR count). The second kappa shape index (κ2) is 4.96. The Hall–Kier alpha value is -2.37. The number of amides is 1. The maximum atomic E-state index is 12.6. The van der Waals surface area contributed by atoms with E-state index in [0.717, 1.165) is 24.1 Å². The number of hydrogen-bond donors (Lipinski definition) is 2. The molecular weight excluding hydrogens is 254 g/mol. The van der Waals surface area contributed by atoms with Gasteiger partial charge in [-0.25, -0.2) is 0 Å². The molecule has 1 aliphatic rings. The lowest BCUT2D eigenvalue weighted by Gasteiger charge is -2.21. The first-order chi connectivity index (χ1) is 9.66. The van der Waals surface area contributed by atoms with Crippen molar-refractivity contribution in [3.8, 4) is 0 Å². The van der Waals surface area contributed by atoms with Gasteiger partial charge >= 0.3 is 0 Å². The number of carbonyl (C=O) groups excluding carboxylic acids is 1. The van der Waals surface area contributed by atoms with Crippen LogP contribution >= 0.6 is 0 Å². The van der Waals surface area contributed by atoms with Gasteiger partial charge in [0.05, 0.1) is 11.4 Å². The molecule has 1 amide bonds. The van der Waals surface area contributed by atoms with Gasteiger partial charge in [0.1, 0.15) is 0 Å². The van der Waals surface area contributed by atoms with Crippen LogP contribution in [-0.4, -0.2) is 32.0 Å². The Morgan fingerprint density at radius 2 is 2.35 bits per heavy atom. The predicted octanol–water partition coefficient (Wildman–Crippen LogP) is 1.50. The molecule has 0 atom stereocenters. The average molecular weight is 271 g/mol. The molecule has 1 aliphatic carbocycles. The Labute approximate surface area is 117 Å². The number of H-pyrrole nitrogens is 1. The van der Waals surface area contributed by atoms with Crippen molar-refractivity contribution in [1.82, 2.24) is 20.1 Å². The lowest BCUT2D eigenvalue weighted by Crippen LogP contribution is -2.33. The number of rotatable bonds is 4. The predicted molar refractivity (Wildman–Crippen MR) is 74.9 cm³/mol. The Bertz CT molecular complexity index is 618. The van der Waals surface area contributed by atoms with Crippen molar-refractivity contribution < 1.29 is 4.79 Å². The molecule has 1 fully saturated rings. The first-order valence-electron chi connectivity index (χ1n) is 6.67. The first-order valence-corrected chi connectivity index (χ1v) is 6.67. The molecule has 104 valence electrons. The molecule has 2 aromatic heterocycles. The number of hydrogen-bond acceptors (Lipinski definition) is 4. The molecule has 0 radical (unpaired) electrons. The summed E-state index contributed by atoms with van der Waals surface area (Å²) in [5.74, 6) is -0.113. The lowest BCUT2D eigenvalue weighted by atomic mass is 10.2. The summed E-state index contributed by atoms with van der Waals surface area (Å²) in [5.41, 5.74) is 8.40. The fourth-order valence-electron chi connectivity index (χ4n) is 2.18. The number of aromatic amines is 1. The van der Waals surface area contributed by atoms with E-state index in [2.05, 4.69) is 15.2 Å². The molecule has 3 N–H and O–H groups in total. The van der Waals surface area contributed by atoms with E-state index in [-0.39, 0.29) is 5.91 Å². The molecule has 0 spiro atoms. The quantitative estimate of drug-likeness (QED) is 0.882. The maximum Gasteiger partial charge on any atom is 0.277 e. The van der Waals surface area contributed by atoms with E-state index >= 15 is 0 Å². The molecule has 2 heterocycles. The van der Waals surface area contributed by atoms with Crippen molar-refractivity contribution in [2.24, 2.45) is 0 Å². The molecule has 6 heteroatoms. The van der Waals surface area contributed by atoms with Gasteiger partial charge in [0, 0.05) is 25.0 Å². The number of anilines is 1. The maximum absolute atomic E-state index is 12.6. The highest BCUT2D eigenvalue weighted by atomic mass is 16.2. The van der Waals surface area contributed by atoms with Crippen molar-refractivity contribution >= 4 is 11.6 Å². The standard InChI is InChI=1S/C14H17N5O/c1-9-12(15)13(18-17-9)14(20)19(11-4-5-11)8-10-3-2-6-16-7-10/h2-3,6-7,11H,4-5,8,15H2,1H3,(H,17,18). The van der Waals surface area contributed by atoms with E-state index in [0.29, 0.717) is 24.0 Å². The molecule has 0 aliphatic heterocycles.